The van der Waals surface area contributed by atoms with Crippen LogP contribution in [-0.2, 0) is 0 Å². The molecule has 0 aromatic rings. The van der Waals surface area contributed by atoms with Crippen molar-refractivity contribution < 1.29 is 0 Å². The lowest BCUT2D eigenvalue weighted by Gasteiger charge is -2.35. The zero-order chi connectivity index (χ0) is 12.4. The standard InChI is InChI=1S/C14H28.C2H6/c1-4-6-9-13-10-7-8-11-14(13)12(3)5-2;1-2/h12-14H,4-11H2,1-3H3;1-2H3. The van der Waals surface area contributed by atoms with Gasteiger partial charge in [-0.15, -0.1) is 0 Å². The van der Waals surface area contributed by atoms with E-state index in [0.717, 1.165) is 17.8 Å². The molecule has 0 nitrogen and oxygen atoms in total. The first-order valence-corrected chi connectivity index (χ1v) is 7.79. The Hall–Kier alpha value is 0. The Morgan fingerprint density at radius 2 is 1.69 bits per heavy atom. The molecule has 0 N–H and O–H groups in total. The SMILES string of the molecule is CC.CCCCC1CCCCC1C(C)CC. The Balaban J connectivity index is 0.00000106. The lowest BCUT2D eigenvalue weighted by atomic mass is 9.70. The van der Waals surface area contributed by atoms with E-state index in [1.54, 1.807) is 0 Å². The van der Waals surface area contributed by atoms with Crippen LogP contribution in [0.25, 0.3) is 0 Å². The fraction of sp³-hybridized carbons (Fsp3) is 1.00. The second-order valence-corrected chi connectivity index (χ2v) is 5.24. The molecule has 0 amide bonds. The molecule has 0 radical (unpaired) electrons. The molecular formula is C16H34. The van der Waals surface area contributed by atoms with Crippen molar-refractivity contribution in [2.75, 3.05) is 0 Å². The summed E-state index contributed by atoms with van der Waals surface area (Å²) in [5, 5.41) is 0. The minimum Gasteiger partial charge on any atom is -0.0683 e. The maximum Gasteiger partial charge on any atom is -0.0360 e. The zero-order valence-corrected chi connectivity index (χ0v) is 12.4. The molecule has 0 bridgehead atoms. The van der Waals surface area contributed by atoms with Gasteiger partial charge in [0.25, 0.3) is 0 Å². The zero-order valence-electron chi connectivity index (χ0n) is 12.4. The molecule has 1 fully saturated rings. The van der Waals surface area contributed by atoms with Crippen molar-refractivity contribution in [1.82, 2.24) is 0 Å². The van der Waals surface area contributed by atoms with Crippen LogP contribution in [0, 0.1) is 17.8 Å². The lowest BCUT2D eigenvalue weighted by molar-refractivity contribution is 0.155. The van der Waals surface area contributed by atoms with Crippen LogP contribution in [0.15, 0.2) is 0 Å². The molecule has 3 atom stereocenters. The van der Waals surface area contributed by atoms with E-state index < -0.39 is 0 Å². The predicted molar refractivity (Wildman–Crippen MR) is 75.8 cm³/mol. The first-order chi connectivity index (χ1) is 7.79. The number of unbranched alkanes of at least 4 members (excludes halogenated alkanes) is 1. The molecule has 0 heterocycles. The molecule has 0 aliphatic heterocycles. The van der Waals surface area contributed by atoms with Crippen molar-refractivity contribution >= 4 is 0 Å². The van der Waals surface area contributed by atoms with Crippen molar-refractivity contribution in [3.8, 4) is 0 Å². The van der Waals surface area contributed by atoms with Crippen LogP contribution in [0.2, 0.25) is 0 Å². The summed E-state index contributed by atoms with van der Waals surface area (Å²) in [6.45, 7) is 11.1. The van der Waals surface area contributed by atoms with E-state index in [-0.39, 0.29) is 0 Å². The second-order valence-electron chi connectivity index (χ2n) is 5.24. The number of hydrogen-bond donors (Lipinski definition) is 0. The van der Waals surface area contributed by atoms with E-state index in [2.05, 4.69) is 20.8 Å². The molecule has 0 aromatic carbocycles. The summed E-state index contributed by atoms with van der Waals surface area (Å²) in [4.78, 5) is 0. The highest BCUT2D eigenvalue weighted by molar-refractivity contribution is 4.78. The minimum absolute atomic E-state index is 0.970. The summed E-state index contributed by atoms with van der Waals surface area (Å²) in [5.41, 5.74) is 0. The predicted octanol–water partition coefficient (Wildman–Crippen LogP) is 6.06. The van der Waals surface area contributed by atoms with Crippen molar-refractivity contribution in [1.29, 1.82) is 0 Å². The third-order valence-corrected chi connectivity index (χ3v) is 4.27. The maximum atomic E-state index is 2.47. The van der Waals surface area contributed by atoms with Gasteiger partial charge in [0.2, 0.25) is 0 Å². The van der Waals surface area contributed by atoms with Gasteiger partial charge in [0.05, 0.1) is 0 Å². The molecular weight excluding hydrogens is 192 g/mol. The Labute approximate surface area is 104 Å². The quantitative estimate of drug-likeness (QED) is 0.535. The molecule has 1 rings (SSSR count). The fourth-order valence-electron chi connectivity index (χ4n) is 3.11. The van der Waals surface area contributed by atoms with E-state index >= 15 is 0 Å². The van der Waals surface area contributed by atoms with Gasteiger partial charge in [-0.3, -0.25) is 0 Å². The number of hydrogen-bond acceptors (Lipinski definition) is 0. The molecule has 0 spiro atoms. The van der Waals surface area contributed by atoms with Gasteiger partial charge in [0.1, 0.15) is 0 Å². The van der Waals surface area contributed by atoms with Gasteiger partial charge < -0.3 is 0 Å². The highest BCUT2D eigenvalue weighted by Crippen LogP contribution is 2.38. The third kappa shape index (κ3) is 5.37. The molecule has 0 saturated heterocycles. The molecule has 98 valence electrons. The molecule has 3 unspecified atom stereocenters. The molecule has 1 aliphatic carbocycles. The first kappa shape index (κ1) is 16.0. The lowest BCUT2D eigenvalue weighted by Crippen LogP contribution is -2.25. The second kappa shape index (κ2) is 10.2. The Morgan fingerprint density at radius 1 is 1.06 bits per heavy atom. The van der Waals surface area contributed by atoms with Crippen molar-refractivity contribution in [2.24, 2.45) is 17.8 Å². The summed E-state index contributed by atoms with van der Waals surface area (Å²) < 4.78 is 0. The third-order valence-electron chi connectivity index (χ3n) is 4.27. The van der Waals surface area contributed by atoms with E-state index in [0.29, 0.717) is 0 Å². The molecule has 1 saturated carbocycles. The van der Waals surface area contributed by atoms with Crippen LogP contribution >= 0.6 is 0 Å². The number of rotatable bonds is 5. The average Bonchev–Trinajstić information content (AvgIpc) is 2.38. The summed E-state index contributed by atoms with van der Waals surface area (Å²) >= 11 is 0. The molecule has 0 aromatic heterocycles. The van der Waals surface area contributed by atoms with Gasteiger partial charge in [0.15, 0.2) is 0 Å². The van der Waals surface area contributed by atoms with Gasteiger partial charge >= 0.3 is 0 Å². The van der Waals surface area contributed by atoms with Crippen LogP contribution in [0.5, 0.6) is 0 Å². The van der Waals surface area contributed by atoms with Gasteiger partial charge in [-0.1, -0.05) is 79.6 Å². The molecule has 16 heavy (non-hydrogen) atoms. The van der Waals surface area contributed by atoms with Gasteiger partial charge in [-0.2, -0.15) is 0 Å². The van der Waals surface area contributed by atoms with Crippen molar-refractivity contribution in [3.63, 3.8) is 0 Å². The monoisotopic (exact) mass is 226 g/mol. The van der Waals surface area contributed by atoms with Crippen LogP contribution < -0.4 is 0 Å². The Morgan fingerprint density at radius 3 is 2.25 bits per heavy atom. The summed E-state index contributed by atoms with van der Waals surface area (Å²) in [7, 11) is 0. The van der Waals surface area contributed by atoms with Gasteiger partial charge in [0, 0.05) is 0 Å². The van der Waals surface area contributed by atoms with Gasteiger partial charge in [-0.05, 0) is 24.2 Å². The van der Waals surface area contributed by atoms with E-state index in [4.69, 9.17) is 0 Å². The summed E-state index contributed by atoms with van der Waals surface area (Å²) in [5.74, 6) is 3.09. The summed E-state index contributed by atoms with van der Waals surface area (Å²) in [6, 6.07) is 0. The van der Waals surface area contributed by atoms with E-state index in [9.17, 15) is 0 Å². The van der Waals surface area contributed by atoms with Crippen LogP contribution in [0.1, 0.15) is 86.0 Å². The topological polar surface area (TPSA) is 0 Å². The molecule has 0 heteroatoms. The van der Waals surface area contributed by atoms with Crippen LogP contribution in [0.4, 0.5) is 0 Å². The highest BCUT2D eigenvalue weighted by Gasteiger charge is 2.27. The fourth-order valence-corrected chi connectivity index (χ4v) is 3.11. The van der Waals surface area contributed by atoms with E-state index in [1.165, 1.54) is 51.4 Å². The van der Waals surface area contributed by atoms with Crippen molar-refractivity contribution in [2.45, 2.75) is 86.0 Å². The first-order valence-electron chi connectivity index (χ1n) is 7.79. The maximum absolute atomic E-state index is 2.47. The largest absolute Gasteiger partial charge is 0.0683 e. The van der Waals surface area contributed by atoms with Crippen LogP contribution in [0.3, 0.4) is 0 Å². The highest BCUT2D eigenvalue weighted by atomic mass is 14.3. The normalized spacial score (nSPS) is 26.8. The Bertz CT molecular complexity index is 139. The molecule has 1 aliphatic rings. The van der Waals surface area contributed by atoms with Crippen molar-refractivity contribution in [3.05, 3.63) is 0 Å². The smallest absolute Gasteiger partial charge is 0.0360 e. The average molecular weight is 226 g/mol. The van der Waals surface area contributed by atoms with E-state index in [1.807, 2.05) is 13.8 Å². The van der Waals surface area contributed by atoms with Crippen LogP contribution in [-0.4, -0.2) is 0 Å². The van der Waals surface area contributed by atoms with Gasteiger partial charge in [-0.25, -0.2) is 0 Å². The minimum atomic E-state index is 0.970. The Kier molecular flexibility index (Phi) is 10.2. The summed E-state index contributed by atoms with van der Waals surface area (Å²) in [6.07, 6.45) is 11.8.